The fourth-order valence-corrected chi connectivity index (χ4v) is 3.54. The van der Waals surface area contributed by atoms with Gasteiger partial charge in [-0.25, -0.2) is 4.98 Å². The van der Waals surface area contributed by atoms with Gasteiger partial charge in [0.05, 0.1) is 6.61 Å². The molecule has 0 amide bonds. The predicted molar refractivity (Wildman–Crippen MR) is 70.5 cm³/mol. The average molecular weight is 268 g/mol. The lowest BCUT2D eigenvalue weighted by Crippen LogP contribution is -2.53. The van der Waals surface area contributed by atoms with Gasteiger partial charge in [-0.15, -0.1) is 11.3 Å². The smallest absolute Gasteiger partial charge is 0.122 e. The van der Waals surface area contributed by atoms with Crippen LogP contribution in [0.15, 0.2) is 6.20 Å². The minimum absolute atomic E-state index is 0.0198. The van der Waals surface area contributed by atoms with Gasteiger partial charge < -0.3 is 15.2 Å². The third-order valence-corrected chi connectivity index (χ3v) is 5.12. The Balaban J connectivity index is 1.56. The summed E-state index contributed by atoms with van der Waals surface area (Å²) in [6.07, 6.45) is 7.79. The predicted octanol–water partition coefficient (Wildman–Crippen LogP) is 2.00. The summed E-state index contributed by atoms with van der Waals surface area (Å²) in [7, 11) is 0. The first-order chi connectivity index (χ1) is 8.81. The molecule has 3 rings (SSSR count). The number of rotatable bonds is 5. The van der Waals surface area contributed by atoms with Crippen molar-refractivity contribution in [2.75, 3.05) is 13.2 Å². The highest BCUT2D eigenvalue weighted by atomic mass is 32.1. The van der Waals surface area contributed by atoms with E-state index in [0.29, 0.717) is 0 Å². The fourth-order valence-electron chi connectivity index (χ4n) is 2.59. The molecule has 1 aromatic rings. The van der Waals surface area contributed by atoms with Crippen molar-refractivity contribution in [3.63, 3.8) is 0 Å². The van der Waals surface area contributed by atoms with Crippen LogP contribution in [-0.4, -0.2) is 28.8 Å². The van der Waals surface area contributed by atoms with Crippen LogP contribution in [0.3, 0.4) is 0 Å². The van der Waals surface area contributed by atoms with Gasteiger partial charge in [0, 0.05) is 29.8 Å². The van der Waals surface area contributed by atoms with E-state index in [1.165, 1.54) is 11.3 Å². The zero-order valence-electron chi connectivity index (χ0n) is 10.5. The molecule has 0 radical (unpaired) electrons. The highest BCUT2D eigenvalue weighted by Crippen LogP contribution is 2.33. The minimum atomic E-state index is -0.0198. The summed E-state index contributed by atoms with van der Waals surface area (Å²) in [5.41, 5.74) is -0.0198. The number of hydrogen-bond acceptors (Lipinski definition) is 5. The van der Waals surface area contributed by atoms with Crippen molar-refractivity contribution in [1.82, 2.24) is 10.3 Å². The highest BCUT2D eigenvalue weighted by Gasteiger charge is 2.35. The van der Waals surface area contributed by atoms with Crippen LogP contribution in [0.25, 0.3) is 0 Å². The van der Waals surface area contributed by atoms with E-state index in [0.717, 1.165) is 43.8 Å². The van der Waals surface area contributed by atoms with Gasteiger partial charge in [-0.05, 0) is 32.1 Å². The summed E-state index contributed by atoms with van der Waals surface area (Å²) in [6, 6.07) is 0. The van der Waals surface area contributed by atoms with Gasteiger partial charge in [0.1, 0.15) is 11.1 Å². The van der Waals surface area contributed by atoms with Gasteiger partial charge >= 0.3 is 0 Å². The van der Waals surface area contributed by atoms with Crippen LogP contribution in [0.1, 0.15) is 48.1 Å². The molecule has 1 saturated heterocycles. The lowest BCUT2D eigenvalue weighted by Gasteiger charge is -2.41. The monoisotopic (exact) mass is 268 g/mol. The zero-order valence-corrected chi connectivity index (χ0v) is 11.3. The first-order valence-electron chi connectivity index (χ1n) is 6.73. The molecule has 2 aliphatic rings. The number of aliphatic hydroxyl groups excluding tert-OH is 1. The molecule has 1 aliphatic carbocycles. The maximum Gasteiger partial charge on any atom is 0.122 e. The molecule has 18 heavy (non-hydrogen) atoms. The number of nitrogens with zero attached hydrogens (tertiary/aromatic N) is 1. The van der Waals surface area contributed by atoms with Gasteiger partial charge in [-0.3, -0.25) is 0 Å². The van der Waals surface area contributed by atoms with E-state index < -0.39 is 0 Å². The van der Waals surface area contributed by atoms with E-state index in [9.17, 15) is 5.11 Å². The molecule has 1 saturated carbocycles. The molecule has 2 fully saturated rings. The first-order valence-corrected chi connectivity index (χ1v) is 7.55. The van der Waals surface area contributed by atoms with Crippen LogP contribution >= 0.6 is 11.3 Å². The summed E-state index contributed by atoms with van der Waals surface area (Å²) in [5.74, 6) is 0. The Hall–Kier alpha value is -0.490. The summed E-state index contributed by atoms with van der Waals surface area (Å²) >= 11 is 1.74. The third-order valence-electron chi connectivity index (χ3n) is 4.03. The molecule has 1 aromatic heterocycles. The Labute approximate surface area is 111 Å². The van der Waals surface area contributed by atoms with Gasteiger partial charge in [-0.1, -0.05) is 0 Å². The van der Waals surface area contributed by atoms with Gasteiger partial charge in [0.15, 0.2) is 0 Å². The van der Waals surface area contributed by atoms with Crippen LogP contribution in [0.5, 0.6) is 0 Å². The van der Waals surface area contributed by atoms with Crippen molar-refractivity contribution >= 4 is 11.3 Å². The second kappa shape index (κ2) is 5.25. The van der Waals surface area contributed by atoms with Crippen molar-refractivity contribution in [2.24, 2.45) is 0 Å². The van der Waals surface area contributed by atoms with Crippen LogP contribution in [0.4, 0.5) is 0 Å². The van der Waals surface area contributed by atoms with Crippen LogP contribution in [0.2, 0.25) is 0 Å². The number of ether oxygens (including phenoxy) is 1. The summed E-state index contributed by atoms with van der Waals surface area (Å²) < 4.78 is 5.64. The maximum atomic E-state index is 9.40. The molecule has 0 aromatic carbocycles. The molecule has 1 unspecified atom stereocenters. The lowest BCUT2D eigenvalue weighted by atomic mass is 9.77. The first kappa shape index (κ1) is 12.5. The fraction of sp³-hybridized carbons (Fsp3) is 0.769. The van der Waals surface area contributed by atoms with Crippen molar-refractivity contribution in [3.05, 3.63) is 16.1 Å². The molecule has 1 atom stereocenters. The number of aliphatic hydroxyl groups is 1. The standard InChI is InChI=1S/C13H20N2O2S/c16-9-13(4-2-5-13)15-8-10-7-14-12(18-10)11-3-1-6-17-11/h7,11,15-16H,1-6,8-9H2. The van der Waals surface area contributed by atoms with E-state index in [1.807, 2.05) is 6.20 Å². The van der Waals surface area contributed by atoms with Crippen molar-refractivity contribution in [1.29, 1.82) is 0 Å². The van der Waals surface area contributed by atoms with Crippen LogP contribution in [-0.2, 0) is 11.3 Å². The van der Waals surface area contributed by atoms with E-state index in [-0.39, 0.29) is 18.2 Å². The van der Waals surface area contributed by atoms with E-state index in [4.69, 9.17) is 4.74 Å². The lowest BCUT2D eigenvalue weighted by molar-refractivity contribution is 0.0875. The molecule has 2 N–H and O–H groups in total. The second-order valence-electron chi connectivity index (χ2n) is 5.31. The number of nitrogens with one attached hydrogen (secondary N) is 1. The summed E-state index contributed by atoms with van der Waals surface area (Å²) in [6.45, 7) is 1.92. The van der Waals surface area contributed by atoms with Gasteiger partial charge in [0.2, 0.25) is 0 Å². The normalized spacial score (nSPS) is 26.2. The molecule has 0 bridgehead atoms. The van der Waals surface area contributed by atoms with Crippen molar-refractivity contribution in [3.8, 4) is 0 Å². The number of aromatic nitrogens is 1. The highest BCUT2D eigenvalue weighted by molar-refractivity contribution is 7.11. The van der Waals surface area contributed by atoms with E-state index >= 15 is 0 Å². The second-order valence-corrected chi connectivity index (χ2v) is 6.46. The summed E-state index contributed by atoms with van der Waals surface area (Å²) in [5, 5.41) is 14.0. The SMILES string of the molecule is OCC1(NCc2cnc(C3CCCO3)s2)CCC1. The van der Waals surface area contributed by atoms with E-state index in [1.54, 1.807) is 11.3 Å². The summed E-state index contributed by atoms with van der Waals surface area (Å²) in [4.78, 5) is 5.70. The Morgan fingerprint density at radius 2 is 2.39 bits per heavy atom. The molecule has 0 spiro atoms. The average Bonchev–Trinajstić information content (AvgIpc) is 2.98. The van der Waals surface area contributed by atoms with Crippen molar-refractivity contribution in [2.45, 2.75) is 50.3 Å². The Morgan fingerprint density at radius 1 is 1.50 bits per heavy atom. The molecule has 5 heteroatoms. The van der Waals surface area contributed by atoms with Crippen LogP contribution in [0, 0.1) is 0 Å². The Morgan fingerprint density at radius 3 is 3.00 bits per heavy atom. The van der Waals surface area contributed by atoms with E-state index in [2.05, 4.69) is 10.3 Å². The molecule has 2 heterocycles. The van der Waals surface area contributed by atoms with Gasteiger partial charge in [0.25, 0.3) is 0 Å². The van der Waals surface area contributed by atoms with Crippen molar-refractivity contribution < 1.29 is 9.84 Å². The zero-order chi connectivity index (χ0) is 12.4. The third kappa shape index (κ3) is 2.45. The van der Waals surface area contributed by atoms with Crippen LogP contribution < -0.4 is 5.32 Å². The maximum absolute atomic E-state index is 9.40. The topological polar surface area (TPSA) is 54.4 Å². The number of hydrogen-bond donors (Lipinski definition) is 2. The molecule has 1 aliphatic heterocycles. The number of thiazole rings is 1. The minimum Gasteiger partial charge on any atom is -0.394 e. The molecular weight excluding hydrogens is 248 g/mol. The Kier molecular flexibility index (Phi) is 3.66. The quantitative estimate of drug-likeness (QED) is 0.857. The molecular formula is C13H20N2O2S. The molecule has 100 valence electrons. The Bertz CT molecular complexity index is 392. The molecule has 4 nitrogen and oxygen atoms in total. The van der Waals surface area contributed by atoms with Gasteiger partial charge in [-0.2, -0.15) is 0 Å². The largest absolute Gasteiger partial charge is 0.394 e.